The van der Waals surface area contributed by atoms with Gasteiger partial charge in [0.1, 0.15) is 6.79 Å². The summed E-state index contributed by atoms with van der Waals surface area (Å²) in [5.41, 5.74) is 0. The molecule has 12 heavy (non-hydrogen) atoms. The molecule has 0 bridgehead atoms. The topological polar surface area (TPSA) is 18.5 Å². The highest BCUT2D eigenvalue weighted by molar-refractivity contribution is 4.90. The third-order valence-electron chi connectivity index (χ3n) is 1.48. The van der Waals surface area contributed by atoms with Gasteiger partial charge in [0.25, 0.3) is 0 Å². The van der Waals surface area contributed by atoms with Gasteiger partial charge in [-0.05, 0) is 13.3 Å². The van der Waals surface area contributed by atoms with Crippen molar-refractivity contribution >= 4 is 0 Å². The second-order valence-corrected chi connectivity index (χ2v) is 2.68. The van der Waals surface area contributed by atoms with Crippen LogP contribution in [0.2, 0.25) is 0 Å². The molecule has 0 unspecified atom stereocenters. The molecule has 0 aromatic carbocycles. The summed E-state index contributed by atoms with van der Waals surface area (Å²) in [5, 5.41) is 0. The van der Waals surface area contributed by atoms with E-state index in [0.717, 1.165) is 6.42 Å². The van der Waals surface area contributed by atoms with Gasteiger partial charge in [0.05, 0.1) is 6.10 Å². The van der Waals surface area contributed by atoms with E-state index in [1.165, 1.54) is 12.8 Å². The Kier molecular flexibility index (Phi) is 8.51. The van der Waals surface area contributed by atoms with Crippen molar-refractivity contribution in [3.63, 3.8) is 0 Å². The summed E-state index contributed by atoms with van der Waals surface area (Å²) < 4.78 is 9.90. The van der Waals surface area contributed by atoms with Crippen LogP contribution in [0.3, 0.4) is 0 Å². The van der Waals surface area contributed by atoms with Crippen molar-refractivity contribution in [2.45, 2.75) is 32.3 Å². The summed E-state index contributed by atoms with van der Waals surface area (Å²) in [4.78, 5) is 0. The Hall–Kier alpha value is -0.340. The highest BCUT2D eigenvalue weighted by Crippen LogP contribution is 1.98. The summed E-state index contributed by atoms with van der Waals surface area (Å²) in [6.45, 7) is 6.27. The molecule has 0 aromatic heterocycles. The van der Waals surface area contributed by atoms with Gasteiger partial charge in [0.2, 0.25) is 0 Å². The van der Waals surface area contributed by atoms with Gasteiger partial charge in [0, 0.05) is 7.11 Å². The lowest BCUT2D eigenvalue weighted by atomic mass is 10.2. The Morgan fingerprint density at radius 2 is 2.25 bits per heavy atom. The van der Waals surface area contributed by atoms with E-state index in [9.17, 15) is 0 Å². The van der Waals surface area contributed by atoms with Crippen molar-refractivity contribution in [1.29, 1.82) is 0 Å². The zero-order valence-corrected chi connectivity index (χ0v) is 8.08. The number of allylic oxidation sites excluding steroid dienone is 1. The fraction of sp³-hybridized carbons (Fsp3) is 0.700. The van der Waals surface area contributed by atoms with Crippen LogP contribution in [-0.2, 0) is 9.47 Å². The quantitative estimate of drug-likeness (QED) is 0.333. The number of ether oxygens (including phenoxy) is 2. The van der Waals surface area contributed by atoms with Crippen molar-refractivity contribution < 1.29 is 9.47 Å². The molecule has 0 aromatic rings. The first kappa shape index (κ1) is 11.7. The van der Waals surface area contributed by atoms with Gasteiger partial charge in [0.15, 0.2) is 0 Å². The molecule has 0 saturated carbocycles. The Labute approximate surface area is 75.6 Å². The van der Waals surface area contributed by atoms with Gasteiger partial charge in [-0.3, -0.25) is 0 Å². The molecule has 2 nitrogen and oxygen atoms in total. The van der Waals surface area contributed by atoms with E-state index in [2.05, 4.69) is 19.9 Å². The molecule has 0 amide bonds. The molecule has 0 fully saturated rings. The van der Waals surface area contributed by atoms with E-state index in [1.807, 2.05) is 6.08 Å². The molecule has 0 aliphatic heterocycles. The number of hydrogen-bond donors (Lipinski definition) is 0. The van der Waals surface area contributed by atoms with E-state index >= 15 is 0 Å². The van der Waals surface area contributed by atoms with Crippen molar-refractivity contribution in [2.75, 3.05) is 13.9 Å². The SMILES string of the molecule is [CH2][C@H](C=CCCCC)OCOC. The van der Waals surface area contributed by atoms with E-state index in [0.29, 0.717) is 6.79 Å². The minimum absolute atomic E-state index is 0.0817. The van der Waals surface area contributed by atoms with Gasteiger partial charge >= 0.3 is 0 Å². The maximum atomic E-state index is 5.15. The van der Waals surface area contributed by atoms with Gasteiger partial charge in [-0.15, -0.1) is 0 Å². The Balaban J connectivity index is 3.27. The van der Waals surface area contributed by atoms with Crippen LogP contribution in [0.5, 0.6) is 0 Å². The van der Waals surface area contributed by atoms with E-state index < -0.39 is 0 Å². The van der Waals surface area contributed by atoms with Crippen LogP contribution >= 0.6 is 0 Å². The monoisotopic (exact) mass is 171 g/mol. The van der Waals surface area contributed by atoms with Crippen LogP contribution < -0.4 is 0 Å². The Morgan fingerprint density at radius 1 is 1.50 bits per heavy atom. The summed E-state index contributed by atoms with van der Waals surface area (Å²) >= 11 is 0. The highest BCUT2D eigenvalue weighted by atomic mass is 16.7. The normalized spacial score (nSPS) is 13.9. The zero-order chi connectivity index (χ0) is 9.23. The van der Waals surface area contributed by atoms with Gasteiger partial charge in [-0.1, -0.05) is 31.9 Å². The highest BCUT2D eigenvalue weighted by Gasteiger charge is 1.93. The summed E-state index contributed by atoms with van der Waals surface area (Å²) in [7, 11) is 1.60. The fourth-order valence-electron chi connectivity index (χ4n) is 0.781. The Bertz CT molecular complexity index is 110. The maximum Gasteiger partial charge on any atom is 0.147 e. The second-order valence-electron chi connectivity index (χ2n) is 2.68. The lowest BCUT2D eigenvalue weighted by molar-refractivity contribution is -0.0419. The average molecular weight is 171 g/mol. The standard InChI is InChI=1S/C10H19O2/c1-4-5-6-7-8-10(2)12-9-11-3/h7-8,10H,2,4-6,9H2,1,3H3/t10-/m1/s1. The minimum atomic E-state index is -0.0817. The number of rotatable bonds is 7. The second kappa shape index (κ2) is 8.75. The van der Waals surface area contributed by atoms with E-state index in [1.54, 1.807) is 7.11 Å². The molecule has 0 N–H and O–H groups in total. The zero-order valence-electron chi connectivity index (χ0n) is 8.08. The van der Waals surface area contributed by atoms with Crippen molar-refractivity contribution in [3.8, 4) is 0 Å². The summed E-state index contributed by atoms with van der Waals surface area (Å²) in [6, 6.07) is 0. The molecule has 2 heteroatoms. The lowest BCUT2D eigenvalue weighted by Crippen LogP contribution is -2.06. The molecule has 71 valence electrons. The van der Waals surface area contributed by atoms with E-state index in [4.69, 9.17) is 9.47 Å². The number of methoxy groups -OCH3 is 1. The van der Waals surface area contributed by atoms with E-state index in [-0.39, 0.29) is 6.10 Å². The molecule has 0 rings (SSSR count). The molecule has 1 atom stereocenters. The molecule has 0 saturated heterocycles. The van der Waals surface area contributed by atoms with Crippen LogP contribution in [-0.4, -0.2) is 20.0 Å². The van der Waals surface area contributed by atoms with Crippen LogP contribution in [0.1, 0.15) is 26.2 Å². The van der Waals surface area contributed by atoms with Crippen LogP contribution in [0.25, 0.3) is 0 Å². The summed E-state index contributed by atoms with van der Waals surface area (Å²) in [6.07, 6.45) is 7.56. The van der Waals surface area contributed by atoms with Crippen LogP contribution in [0.4, 0.5) is 0 Å². The third kappa shape index (κ3) is 7.76. The molecule has 0 heterocycles. The third-order valence-corrected chi connectivity index (χ3v) is 1.48. The van der Waals surface area contributed by atoms with Gasteiger partial charge in [-0.25, -0.2) is 0 Å². The molecule has 0 aliphatic rings. The molecular formula is C10H19O2. The molecule has 1 radical (unpaired) electrons. The largest absolute Gasteiger partial charge is 0.359 e. The molecule has 0 spiro atoms. The Morgan fingerprint density at radius 3 is 2.83 bits per heavy atom. The predicted octanol–water partition coefficient (Wildman–Crippen LogP) is 2.56. The summed E-state index contributed by atoms with van der Waals surface area (Å²) in [5.74, 6) is 0. The number of hydrogen-bond acceptors (Lipinski definition) is 2. The van der Waals surface area contributed by atoms with Crippen LogP contribution in [0, 0.1) is 6.92 Å². The van der Waals surface area contributed by atoms with Gasteiger partial charge in [-0.2, -0.15) is 0 Å². The smallest absolute Gasteiger partial charge is 0.147 e. The van der Waals surface area contributed by atoms with Crippen molar-refractivity contribution in [1.82, 2.24) is 0 Å². The van der Waals surface area contributed by atoms with Gasteiger partial charge < -0.3 is 9.47 Å². The number of unbranched alkanes of at least 4 members (excludes halogenated alkanes) is 2. The first-order valence-corrected chi connectivity index (χ1v) is 4.41. The maximum absolute atomic E-state index is 5.15. The van der Waals surface area contributed by atoms with Crippen molar-refractivity contribution in [3.05, 3.63) is 19.1 Å². The average Bonchev–Trinajstić information content (AvgIpc) is 2.09. The lowest BCUT2D eigenvalue weighted by Gasteiger charge is -2.06. The first-order valence-electron chi connectivity index (χ1n) is 4.41. The molecule has 0 aliphatic carbocycles. The predicted molar refractivity (Wildman–Crippen MR) is 50.8 cm³/mol. The van der Waals surface area contributed by atoms with Crippen molar-refractivity contribution in [2.24, 2.45) is 0 Å². The fourth-order valence-corrected chi connectivity index (χ4v) is 0.781. The molecular weight excluding hydrogens is 152 g/mol. The minimum Gasteiger partial charge on any atom is -0.359 e. The van der Waals surface area contributed by atoms with Crippen LogP contribution in [0.15, 0.2) is 12.2 Å². The first-order chi connectivity index (χ1) is 5.81.